The standard InChI is InChI=1S/C15H24N2O2/c1-2-18-13-6-3-5-12(9-13)15(10-16)17-11-14-7-4-8-19-14/h3,5-6,9,14-15,17H,2,4,7-8,10-11,16H2,1H3. The molecular weight excluding hydrogens is 240 g/mol. The monoisotopic (exact) mass is 264 g/mol. The van der Waals surface area contributed by atoms with E-state index in [2.05, 4.69) is 17.4 Å². The van der Waals surface area contributed by atoms with Crippen LogP contribution in [0.5, 0.6) is 5.75 Å². The van der Waals surface area contributed by atoms with Crippen LogP contribution in [0.25, 0.3) is 0 Å². The highest BCUT2D eigenvalue weighted by atomic mass is 16.5. The van der Waals surface area contributed by atoms with Gasteiger partial charge in [-0.15, -0.1) is 0 Å². The number of hydrogen-bond donors (Lipinski definition) is 2. The molecule has 0 spiro atoms. The van der Waals surface area contributed by atoms with Crippen molar-refractivity contribution in [3.63, 3.8) is 0 Å². The number of rotatable bonds is 7. The fourth-order valence-electron chi connectivity index (χ4n) is 2.40. The zero-order valence-electron chi connectivity index (χ0n) is 11.6. The summed E-state index contributed by atoms with van der Waals surface area (Å²) in [6.45, 7) is 4.99. The maximum absolute atomic E-state index is 5.87. The van der Waals surface area contributed by atoms with Gasteiger partial charge in [0.2, 0.25) is 0 Å². The quantitative estimate of drug-likeness (QED) is 0.789. The van der Waals surface area contributed by atoms with Crippen molar-refractivity contribution in [2.45, 2.75) is 31.9 Å². The molecule has 1 fully saturated rings. The van der Waals surface area contributed by atoms with Crippen LogP contribution in [-0.2, 0) is 4.74 Å². The number of nitrogens with two attached hydrogens (primary N) is 1. The Hall–Kier alpha value is -1.10. The number of ether oxygens (including phenoxy) is 2. The summed E-state index contributed by atoms with van der Waals surface area (Å²) < 4.78 is 11.1. The second-order valence-corrected chi connectivity index (χ2v) is 4.84. The SMILES string of the molecule is CCOc1cccc(C(CN)NCC2CCCO2)c1. The molecule has 2 atom stereocenters. The van der Waals surface area contributed by atoms with E-state index in [0.29, 0.717) is 19.3 Å². The Morgan fingerprint density at radius 3 is 3.11 bits per heavy atom. The van der Waals surface area contributed by atoms with Gasteiger partial charge < -0.3 is 20.5 Å². The van der Waals surface area contributed by atoms with E-state index < -0.39 is 0 Å². The van der Waals surface area contributed by atoms with E-state index in [0.717, 1.165) is 25.3 Å². The van der Waals surface area contributed by atoms with Crippen LogP contribution >= 0.6 is 0 Å². The summed E-state index contributed by atoms with van der Waals surface area (Å²) in [7, 11) is 0. The van der Waals surface area contributed by atoms with Crippen LogP contribution in [0.15, 0.2) is 24.3 Å². The van der Waals surface area contributed by atoms with E-state index in [1.54, 1.807) is 0 Å². The third-order valence-electron chi connectivity index (χ3n) is 3.42. The Morgan fingerprint density at radius 1 is 1.53 bits per heavy atom. The highest BCUT2D eigenvalue weighted by Crippen LogP contribution is 2.19. The van der Waals surface area contributed by atoms with Crippen molar-refractivity contribution in [3.05, 3.63) is 29.8 Å². The van der Waals surface area contributed by atoms with Crippen LogP contribution in [0, 0.1) is 0 Å². The van der Waals surface area contributed by atoms with Crippen molar-refractivity contribution < 1.29 is 9.47 Å². The molecule has 2 rings (SSSR count). The van der Waals surface area contributed by atoms with Gasteiger partial charge in [0, 0.05) is 25.7 Å². The van der Waals surface area contributed by atoms with Crippen LogP contribution in [0.1, 0.15) is 31.4 Å². The Bertz CT molecular complexity index is 378. The molecule has 3 N–H and O–H groups in total. The van der Waals surface area contributed by atoms with Crippen LogP contribution in [0.2, 0.25) is 0 Å². The van der Waals surface area contributed by atoms with Crippen molar-refractivity contribution in [2.24, 2.45) is 5.73 Å². The summed E-state index contributed by atoms with van der Waals surface area (Å²) >= 11 is 0. The van der Waals surface area contributed by atoms with E-state index in [-0.39, 0.29) is 6.04 Å². The first-order valence-corrected chi connectivity index (χ1v) is 7.11. The zero-order chi connectivity index (χ0) is 13.5. The molecule has 1 aromatic carbocycles. The minimum Gasteiger partial charge on any atom is -0.494 e. The Labute approximate surface area is 115 Å². The largest absolute Gasteiger partial charge is 0.494 e. The lowest BCUT2D eigenvalue weighted by atomic mass is 10.1. The normalized spacial score (nSPS) is 20.4. The second kappa shape index (κ2) is 7.48. The Kier molecular flexibility index (Phi) is 5.63. The first-order chi connectivity index (χ1) is 9.33. The summed E-state index contributed by atoms with van der Waals surface area (Å²) in [5.41, 5.74) is 7.04. The molecule has 0 saturated carbocycles. The molecule has 0 radical (unpaired) electrons. The molecule has 4 nitrogen and oxygen atoms in total. The molecule has 0 bridgehead atoms. The fourth-order valence-corrected chi connectivity index (χ4v) is 2.40. The van der Waals surface area contributed by atoms with Gasteiger partial charge in [0.1, 0.15) is 5.75 Å². The first kappa shape index (κ1) is 14.3. The smallest absolute Gasteiger partial charge is 0.119 e. The first-order valence-electron chi connectivity index (χ1n) is 7.11. The molecule has 0 aliphatic carbocycles. The minimum absolute atomic E-state index is 0.157. The van der Waals surface area contributed by atoms with Gasteiger partial charge in [-0.25, -0.2) is 0 Å². The van der Waals surface area contributed by atoms with E-state index in [9.17, 15) is 0 Å². The van der Waals surface area contributed by atoms with Crippen molar-refractivity contribution >= 4 is 0 Å². The van der Waals surface area contributed by atoms with Crippen LogP contribution in [-0.4, -0.2) is 32.4 Å². The van der Waals surface area contributed by atoms with E-state index in [4.69, 9.17) is 15.2 Å². The van der Waals surface area contributed by atoms with Gasteiger partial charge >= 0.3 is 0 Å². The molecule has 0 amide bonds. The highest BCUT2D eigenvalue weighted by molar-refractivity contribution is 5.30. The molecule has 19 heavy (non-hydrogen) atoms. The van der Waals surface area contributed by atoms with Crippen molar-refractivity contribution in [1.29, 1.82) is 0 Å². The molecule has 106 valence electrons. The maximum Gasteiger partial charge on any atom is 0.119 e. The van der Waals surface area contributed by atoms with Gasteiger partial charge in [0.25, 0.3) is 0 Å². The molecule has 0 aromatic heterocycles. The molecular formula is C15H24N2O2. The molecule has 2 unspecified atom stereocenters. The van der Waals surface area contributed by atoms with Crippen LogP contribution in [0.4, 0.5) is 0 Å². The summed E-state index contributed by atoms with van der Waals surface area (Å²) in [4.78, 5) is 0. The van der Waals surface area contributed by atoms with Gasteiger partial charge in [0.15, 0.2) is 0 Å². The van der Waals surface area contributed by atoms with E-state index >= 15 is 0 Å². The van der Waals surface area contributed by atoms with Crippen LogP contribution < -0.4 is 15.8 Å². The number of nitrogens with one attached hydrogen (secondary N) is 1. The molecule has 4 heteroatoms. The molecule has 1 aromatic rings. The Balaban J connectivity index is 1.93. The third kappa shape index (κ3) is 4.20. The Morgan fingerprint density at radius 2 is 2.42 bits per heavy atom. The lowest BCUT2D eigenvalue weighted by molar-refractivity contribution is 0.107. The topological polar surface area (TPSA) is 56.5 Å². The molecule has 1 saturated heterocycles. The van der Waals surface area contributed by atoms with Crippen molar-refractivity contribution in [3.8, 4) is 5.75 Å². The van der Waals surface area contributed by atoms with E-state index in [1.165, 1.54) is 12.0 Å². The van der Waals surface area contributed by atoms with Gasteiger partial charge in [-0.3, -0.25) is 0 Å². The maximum atomic E-state index is 5.87. The average Bonchev–Trinajstić information content (AvgIpc) is 2.94. The minimum atomic E-state index is 0.157. The van der Waals surface area contributed by atoms with Crippen molar-refractivity contribution in [2.75, 3.05) is 26.3 Å². The van der Waals surface area contributed by atoms with E-state index in [1.807, 2.05) is 19.1 Å². The van der Waals surface area contributed by atoms with Gasteiger partial charge in [-0.1, -0.05) is 12.1 Å². The van der Waals surface area contributed by atoms with Gasteiger partial charge in [-0.2, -0.15) is 0 Å². The molecule has 1 heterocycles. The fraction of sp³-hybridized carbons (Fsp3) is 0.600. The lowest BCUT2D eigenvalue weighted by Crippen LogP contribution is -2.34. The summed E-state index contributed by atoms with van der Waals surface area (Å²) in [6.07, 6.45) is 2.65. The van der Waals surface area contributed by atoms with Crippen molar-refractivity contribution in [1.82, 2.24) is 5.32 Å². The number of hydrogen-bond acceptors (Lipinski definition) is 4. The zero-order valence-corrected chi connectivity index (χ0v) is 11.6. The molecule has 1 aliphatic rings. The molecule has 1 aliphatic heterocycles. The predicted molar refractivity (Wildman–Crippen MR) is 76.4 cm³/mol. The number of benzene rings is 1. The average molecular weight is 264 g/mol. The summed E-state index contributed by atoms with van der Waals surface area (Å²) in [5, 5.41) is 3.49. The summed E-state index contributed by atoms with van der Waals surface area (Å²) in [6, 6.07) is 8.29. The van der Waals surface area contributed by atoms with Gasteiger partial charge in [-0.05, 0) is 37.5 Å². The summed E-state index contributed by atoms with van der Waals surface area (Å²) in [5.74, 6) is 0.900. The highest BCUT2D eigenvalue weighted by Gasteiger charge is 2.17. The van der Waals surface area contributed by atoms with Crippen LogP contribution in [0.3, 0.4) is 0 Å². The van der Waals surface area contributed by atoms with Gasteiger partial charge in [0.05, 0.1) is 12.7 Å². The second-order valence-electron chi connectivity index (χ2n) is 4.84. The lowest BCUT2D eigenvalue weighted by Gasteiger charge is -2.20. The third-order valence-corrected chi connectivity index (χ3v) is 3.42. The predicted octanol–water partition coefficient (Wildman–Crippen LogP) is 1.85.